The van der Waals surface area contributed by atoms with Crippen molar-refractivity contribution in [2.24, 2.45) is 5.92 Å². The molecule has 0 atom stereocenters. The van der Waals surface area contributed by atoms with Crippen molar-refractivity contribution in [2.75, 3.05) is 17.2 Å². The van der Waals surface area contributed by atoms with Crippen LogP contribution in [0.15, 0.2) is 60.7 Å². The van der Waals surface area contributed by atoms with Crippen LogP contribution in [0.1, 0.15) is 30.4 Å². The molecule has 0 saturated heterocycles. The summed E-state index contributed by atoms with van der Waals surface area (Å²) in [5.41, 5.74) is 4.79. The number of halogens is 3. The predicted octanol–water partition coefficient (Wildman–Crippen LogP) is 6.77. The van der Waals surface area contributed by atoms with E-state index in [9.17, 15) is 18.0 Å². The second-order valence-electron chi connectivity index (χ2n) is 9.60. The number of tetrazole rings is 1. The third-order valence-corrected chi connectivity index (χ3v) is 6.35. The molecule has 3 aromatic carbocycles. The van der Waals surface area contributed by atoms with Crippen molar-refractivity contribution in [2.45, 2.75) is 38.8 Å². The minimum atomic E-state index is -4.36. The van der Waals surface area contributed by atoms with Gasteiger partial charge in [-0.05, 0) is 83.8 Å². The maximum Gasteiger partial charge on any atom is 0.392 e. The van der Waals surface area contributed by atoms with E-state index >= 15 is 0 Å². The van der Waals surface area contributed by atoms with Crippen molar-refractivity contribution in [3.05, 3.63) is 71.8 Å². The van der Waals surface area contributed by atoms with Crippen molar-refractivity contribution in [1.82, 2.24) is 20.6 Å². The van der Waals surface area contributed by atoms with Gasteiger partial charge in [0.1, 0.15) is 5.75 Å². The van der Waals surface area contributed by atoms with Gasteiger partial charge in [-0.15, -0.1) is 10.2 Å². The number of amides is 2. The molecule has 3 N–H and O–H groups in total. The van der Waals surface area contributed by atoms with Gasteiger partial charge in [-0.25, -0.2) is 4.79 Å². The molecule has 39 heavy (non-hydrogen) atoms. The maximum atomic E-state index is 13.0. The van der Waals surface area contributed by atoms with E-state index in [1.54, 1.807) is 12.1 Å². The average molecular weight is 537 g/mol. The summed E-state index contributed by atoms with van der Waals surface area (Å²) in [6.07, 6.45) is -2.79. The fourth-order valence-electron chi connectivity index (χ4n) is 4.37. The number of carbonyl (C=O) groups is 1. The van der Waals surface area contributed by atoms with Crippen LogP contribution < -0.4 is 15.4 Å². The topological polar surface area (TPSA) is 105 Å². The van der Waals surface area contributed by atoms with Crippen LogP contribution in [0, 0.1) is 12.8 Å². The summed E-state index contributed by atoms with van der Waals surface area (Å²) < 4.78 is 44.6. The van der Waals surface area contributed by atoms with E-state index in [0.717, 1.165) is 35.1 Å². The van der Waals surface area contributed by atoms with Gasteiger partial charge < -0.3 is 15.4 Å². The normalized spacial score (nSPS) is 13.2. The Morgan fingerprint density at radius 2 is 1.85 bits per heavy atom. The molecule has 1 saturated carbocycles. The van der Waals surface area contributed by atoms with Gasteiger partial charge in [0.25, 0.3) is 0 Å². The predicted molar refractivity (Wildman–Crippen MR) is 141 cm³/mol. The highest BCUT2D eigenvalue weighted by atomic mass is 19.4. The number of aryl methyl sites for hydroxylation is 1. The quantitative estimate of drug-likeness (QED) is 0.219. The molecule has 1 aliphatic carbocycles. The van der Waals surface area contributed by atoms with Gasteiger partial charge in [-0.2, -0.15) is 18.4 Å². The molecule has 5 rings (SSSR count). The first-order valence-corrected chi connectivity index (χ1v) is 12.6. The number of nitrogens with one attached hydrogen (secondary N) is 3. The second kappa shape index (κ2) is 11.1. The Morgan fingerprint density at radius 3 is 2.54 bits per heavy atom. The summed E-state index contributed by atoms with van der Waals surface area (Å²) in [4.78, 5) is 13.0. The highest BCUT2D eigenvalue weighted by molar-refractivity contribution is 6.01. The van der Waals surface area contributed by atoms with Crippen LogP contribution in [0.5, 0.6) is 5.75 Å². The van der Waals surface area contributed by atoms with Crippen molar-refractivity contribution >= 4 is 17.4 Å². The molecule has 8 nitrogen and oxygen atoms in total. The zero-order valence-corrected chi connectivity index (χ0v) is 21.2. The van der Waals surface area contributed by atoms with Gasteiger partial charge in [0.15, 0.2) is 0 Å². The monoisotopic (exact) mass is 536 g/mol. The fourth-order valence-corrected chi connectivity index (χ4v) is 4.37. The Kier molecular flexibility index (Phi) is 7.49. The van der Waals surface area contributed by atoms with E-state index in [2.05, 4.69) is 31.3 Å². The smallest absolute Gasteiger partial charge is 0.392 e. The van der Waals surface area contributed by atoms with E-state index in [1.807, 2.05) is 55.5 Å². The van der Waals surface area contributed by atoms with Crippen LogP contribution >= 0.6 is 0 Å². The Hall–Kier alpha value is -4.41. The molecule has 202 valence electrons. The van der Waals surface area contributed by atoms with Crippen molar-refractivity contribution in [1.29, 1.82) is 0 Å². The molecule has 0 spiro atoms. The summed E-state index contributed by atoms with van der Waals surface area (Å²) in [6.45, 7) is 1.35. The number of nitrogens with zero attached hydrogens (tertiary/aromatic N) is 3. The number of rotatable bonds is 9. The number of benzene rings is 3. The molecule has 11 heteroatoms. The number of anilines is 2. The van der Waals surface area contributed by atoms with E-state index < -0.39 is 25.2 Å². The molecule has 2 amide bonds. The number of hydrogen-bond donors (Lipinski definition) is 3. The number of carbonyl (C=O) groups excluding carboxylic acids is 1. The molecular formula is C28H27F3N6O2. The van der Waals surface area contributed by atoms with Gasteiger partial charge in [0.05, 0.1) is 18.7 Å². The summed E-state index contributed by atoms with van der Waals surface area (Å²) >= 11 is 0. The Balaban J connectivity index is 1.55. The van der Waals surface area contributed by atoms with Crippen LogP contribution in [0.25, 0.3) is 22.5 Å². The number of ether oxygens (including phenoxy) is 1. The minimum Gasteiger partial charge on any atom is -0.491 e. The van der Waals surface area contributed by atoms with E-state index in [1.165, 1.54) is 0 Å². The fraction of sp³-hybridized carbons (Fsp3) is 0.286. The SMILES string of the molecule is Cc1cccc(NC(=O)Nc2cc(-c3ccccc3-c3nn[nH]n3)cc(CC3CC3)c2OCCC(F)(F)F)c1. The van der Waals surface area contributed by atoms with Gasteiger partial charge in [0, 0.05) is 11.3 Å². The van der Waals surface area contributed by atoms with Crippen LogP contribution in [-0.4, -0.2) is 39.4 Å². The standard InChI is InChI=1S/C28H27F3N6O2/c1-17-5-4-6-21(13-17)32-27(38)33-24-16-19(22-7-2-3-8-23(22)26-34-36-37-35-26)15-20(14-18-9-10-18)25(24)39-12-11-28(29,30)31/h2-8,13,15-16,18H,9-12,14H2,1H3,(H2,32,33,38)(H,34,35,36,37). The summed E-state index contributed by atoms with van der Waals surface area (Å²) in [7, 11) is 0. The van der Waals surface area contributed by atoms with E-state index in [0.29, 0.717) is 29.4 Å². The lowest BCUT2D eigenvalue weighted by Gasteiger charge is -2.20. The van der Waals surface area contributed by atoms with Crippen LogP contribution in [-0.2, 0) is 6.42 Å². The van der Waals surface area contributed by atoms with Crippen molar-refractivity contribution < 1.29 is 22.7 Å². The molecule has 4 aromatic rings. The van der Waals surface area contributed by atoms with Crippen LogP contribution in [0.3, 0.4) is 0 Å². The number of hydrogen-bond acceptors (Lipinski definition) is 5. The number of H-pyrrole nitrogens is 1. The molecule has 0 radical (unpaired) electrons. The molecule has 1 aromatic heterocycles. The lowest BCUT2D eigenvalue weighted by molar-refractivity contribution is -0.139. The Morgan fingerprint density at radius 1 is 1.05 bits per heavy atom. The van der Waals surface area contributed by atoms with Crippen LogP contribution in [0.2, 0.25) is 0 Å². The lowest BCUT2D eigenvalue weighted by atomic mass is 9.94. The number of alkyl halides is 3. The lowest BCUT2D eigenvalue weighted by Crippen LogP contribution is -2.21. The van der Waals surface area contributed by atoms with Gasteiger partial charge in [0.2, 0.25) is 5.82 Å². The Bertz CT molecular complexity index is 1450. The zero-order chi connectivity index (χ0) is 27.4. The molecular weight excluding hydrogens is 509 g/mol. The van der Waals surface area contributed by atoms with Crippen molar-refractivity contribution in [3.63, 3.8) is 0 Å². The highest BCUT2D eigenvalue weighted by Gasteiger charge is 2.29. The zero-order valence-electron chi connectivity index (χ0n) is 21.2. The van der Waals surface area contributed by atoms with Gasteiger partial charge in [-0.3, -0.25) is 0 Å². The first-order chi connectivity index (χ1) is 18.7. The van der Waals surface area contributed by atoms with Gasteiger partial charge >= 0.3 is 12.2 Å². The molecule has 1 aliphatic rings. The number of urea groups is 1. The largest absolute Gasteiger partial charge is 0.491 e. The van der Waals surface area contributed by atoms with Gasteiger partial charge in [-0.1, -0.05) is 36.4 Å². The molecule has 0 bridgehead atoms. The summed E-state index contributed by atoms with van der Waals surface area (Å²) in [5, 5.41) is 19.9. The third kappa shape index (κ3) is 6.92. The van der Waals surface area contributed by atoms with Crippen LogP contribution in [0.4, 0.5) is 29.3 Å². The molecule has 1 fully saturated rings. The third-order valence-electron chi connectivity index (χ3n) is 6.35. The van der Waals surface area contributed by atoms with E-state index in [4.69, 9.17) is 4.74 Å². The Labute approximate surface area is 223 Å². The number of aromatic amines is 1. The maximum absolute atomic E-state index is 13.0. The molecule has 0 unspecified atom stereocenters. The highest BCUT2D eigenvalue weighted by Crippen LogP contribution is 2.42. The summed E-state index contributed by atoms with van der Waals surface area (Å²) in [5.74, 6) is 1.05. The average Bonchev–Trinajstić information content (AvgIpc) is 3.52. The van der Waals surface area contributed by atoms with E-state index in [-0.39, 0.29) is 11.4 Å². The first-order valence-electron chi connectivity index (χ1n) is 12.6. The molecule has 0 aliphatic heterocycles. The van der Waals surface area contributed by atoms with Crippen molar-refractivity contribution in [3.8, 4) is 28.3 Å². The first kappa shape index (κ1) is 26.2. The molecule has 1 heterocycles. The minimum absolute atomic E-state index is 0.242. The summed E-state index contributed by atoms with van der Waals surface area (Å²) in [6, 6.07) is 17.8. The number of aromatic nitrogens is 4. The second-order valence-corrected chi connectivity index (χ2v) is 9.60.